The number of nitrogens with zero attached hydrogens (tertiary/aromatic N) is 4. The van der Waals surface area contributed by atoms with Crippen LogP contribution >= 0.6 is 0 Å². The van der Waals surface area contributed by atoms with E-state index in [1.165, 1.54) is 25.0 Å². The van der Waals surface area contributed by atoms with E-state index in [1.807, 2.05) is 4.68 Å². The topological polar surface area (TPSA) is 64.7 Å². The molecule has 1 aliphatic carbocycles. The molecule has 3 aromatic rings. The Kier molecular flexibility index (Phi) is 4.28. The summed E-state index contributed by atoms with van der Waals surface area (Å²) >= 11 is 0. The molecule has 1 N–H and O–H groups in total. The van der Waals surface area contributed by atoms with Crippen molar-refractivity contribution >= 4 is 11.7 Å². The van der Waals surface area contributed by atoms with Gasteiger partial charge in [0.2, 0.25) is 5.91 Å². The van der Waals surface area contributed by atoms with Crippen molar-refractivity contribution in [1.29, 1.82) is 0 Å². The Morgan fingerprint density at radius 2 is 2.19 bits per heavy atom. The predicted molar refractivity (Wildman–Crippen MR) is 95.9 cm³/mol. The molecule has 0 spiro atoms. The van der Waals surface area contributed by atoms with Gasteiger partial charge in [0.15, 0.2) is 0 Å². The van der Waals surface area contributed by atoms with Gasteiger partial charge in [-0.15, -0.1) is 0 Å². The average Bonchev–Trinajstić information content (AvgIpc) is 3.20. The molecule has 4 rings (SSSR count). The number of rotatable bonds is 6. The lowest BCUT2D eigenvalue weighted by atomic mass is 10.1. The number of nitrogens with one attached hydrogen (secondary N) is 1. The zero-order chi connectivity index (χ0) is 18.1. The summed E-state index contributed by atoms with van der Waals surface area (Å²) in [5.41, 5.74) is 1.31. The number of halogens is 1. The second-order valence-corrected chi connectivity index (χ2v) is 6.70. The van der Waals surface area contributed by atoms with E-state index in [9.17, 15) is 9.18 Å². The van der Waals surface area contributed by atoms with Gasteiger partial charge >= 0.3 is 0 Å². The maximum atomic E-state index is 13.3. The molecule has 0 aliphatic heterocycles. The highest BCUT2D eigenvalue weighted by atomic mass is 19.1. The summed E-state index contributed by atoms with van der Waals surface area (Å²) in [5, 5.41) is 11.6. The van der Waals surface area contributed by atoms with Crippen LogP contribution in [-0.2, 0) is 11.3 Å². The van der Waals surface area contributed by atoms with Gasteiger partial charge in [0.05, 0.1) is 17.9 Å². The lowest BCUT2D eigenvalue weighted by Crippen LogP contribution is -2.22. The average molecular weight is 353 g/mol. The van der Waals surface area contributed by atoms with Crippen molar-refractivity contribution in [1.82, 2.24) is 19.6 Å². The van der Waals surface area contributed by atoms with E-state index in [1.54, 1.807) is 41.3 Å². The Balaban J connectivity index is 1.42. The van der Waals surface area contributed by atoms with Crippen molar-refractivity contribution < 1.29 is 9.18 Å². The summed E-state index contributed by atoms with van der Waals surface area (Å²) in [7, 11) is 0. The van der Waals surface area contributed by atoms with Crippen LogP contribution in [0.5, 0.6) is 0 Å². The molecule has 0 saturated heterocycles. The standard InChI is InChI=1S/C19H20FN5O/c1-13(14-5-6-14)25-18(7-9-21-25)22-19(26)12-24-10-8-17(23-24)15-3-2-4-16(20)11-15/h2-4,7-11,13-14H,5-6,12H2,1H3,(H,22,26)/t13-/m1/s1. The first-order valence-electron chi connectivity index (χ1n) is 8.73. The third kappa shape index (κ3) is 3.51. The van der Waals surface area contributed by atoms with E-state index in [2.05, 4.69) is 22.4 Å². The van der Waals surface area contributed by atoms with Crippen molar-refractivity contribution in [2.24, 2.45) is 5.92 Å². The number of amides is 1. The Bertz CT molecular complexity index is 927. The number of carbonyl (C=O) groups is 1. The molecule has 1 aliphatic rings. The third-order valence-electron chi connectivity index (χ3n) is 4.69. The fourth-order valence-electron chi connectivity index (χ4n) is 3.10. The van der Waals surface area contributed by atoms with Crippen LogP contribution in [0.4, 0.5) is 10.2 Å². The second kappa shape index (κ2) is 6.74. The minimum atomic E-state index is -0.312. The molecule has 1 amide bonds. The summed E-state index contributed by atoms with van der Waals surface area (Å²) < 4.78 is 16.8. The Morgan fingerprint density at radius 3 is 2.96 bits per heavy atom. The second-order valence-electron chi connectivity index (χ2n) is 6.70. The van der Waals surface area contributed by atoms with E-state index < -0.39 is 0 Å². The normalized spacial score (nSPS) is 15.0. The van der Waals surface area contributed by atoms with Gasteiger partial charge in [-0.3, -0.25) is 9.48 Å². The fraction of sp³-hybridized carbons (Fsp3) is 0.316. The SMILES string of the molecule is C[C@H](C1CC1)n1nccc1NC(=O)Cn1ccc(-c2cccc(F)c2)n1. The molecule has 1 saturated carbocycles. The van der Waals surface area contributed by atoms with Crippen molar-refractivity contribution in [2.45, 2.75) is 32.4 Å². The molecule has 2 heterocycles. The summed E-state index contributed by atoms with van der Waals surface area (Å²) in [6.07, 6.45) is 5.84. The quantitative estimate of drug-likeness (QED) is 0.738. The van der Waals surface area contributed by atoms with E-state index >= 15 is 0 Å². The highest BCUT2D eigenvalue weighted by Crippen LogP contribution is 2.40. The summed E-state index contributed by atoms with van der Waals surface area (Å²) in [4.78, 5) is 12.4. The van der Waals surface area contributed by atoms with Gasteiger partial charge < -0.3 is 5.32 Å². The van der Waals surface area contributed by atoms with Gasteiger partial charge in [-0.1, -0.05) is 12.1 Å². The number of anilines is 1. The van der Waals surface area contributed by atoms with Crippen LogP contribution < -0.4 is 5.32 Å². The van der Waals surface area contributed by atoms with Crippen LogP contribution in [0.15, 0.2) is 48.8 Å². The molecule has 0 radical (unpaired) electrons. The molecular formula is C19H20FN5O. The summed E-state index contributed by atoms with van der Waals surface area (Å²) in [5.74, 6) is 0.855. The molecular weight excluding hydrogens is 333 g/mol. The van der Waals surface area contributed by atoms with Crippen molar-refractivity contribution in [3.05, 3.63) is 54.6 Å². The van der Waals surface area contributed by atoms with Crippen LogP contribution in [-0.4, -0.2) is 25.5 Å². The zero-order valence-corrected chi connectivity index (χ0v) is 14.5. The largest absolute Gasteiger partial charge is 0.309 e. The Labute approximate surface area is 150 Å². The summed E-state index contributed by atoms with van der Waals surface area (Å²) in [6, 6.07) is 10.1. The van der Waals surface area contributed by atoms with Gasteiger partial charge in [-0.2, -0.15) is 10.2 Å². The van der Waals surface area contributed by atoms with Gasteiger partial charge in [0.1, 0.15) is 18.2 Å². The van der Waals surface area contributed by atoms with Gasteiger partial charge in [-0.25, -0.2) is 9.07 Å². The molecule has 134 valence electrons. The number of hydrogen-bond donors (Lipinski definition) is 1. The molecule has 0 bridgehead atoms. The van der Waals surface area contributed by atoms with Crippen LogP contribution in [0, 0.1) is 11.7 Å². The van der Waals surface area contributed by atoms with E-state index in [0.29, 0.717) is 23.0 Å². The minimum Gasteiger partial charge on any atom is -0.309 e. The lowest BCUT2D eigenvalue weighted by molar-refractivity contribution is -0.116. The van der Waals surface area contributed by atoms with Gasteiger partial charge in [0.25, 0.3) is 0 Å². The maximum absolute atomic E-state index is 13.3. The molecule has 26 heavy (non-hydrogen) atoms. The molecule has 2 aromatic heterocycles. The zero-order valence-electron chi connectivity index (χ0n) is 14.5. The van der Waals surface area contributed by atoms with Crippen LogP contribution in [0.3, 0.4) is 0 Å². The van der Waals surface area contributed by atoms with Crippen molar-refractivity contribution in [3.8, 4) is 11.3 Å². The molecule has 6 nitrogen and oxygen atoms in total. The van der Waals surface area contributed by atoms with Crippen molar-refractivity contribution in [2.75, 3.05) is 5.32 Å². The smallest absolute Gasteiger partial charge is 0.247 e. The molecule has 1 aromatic carbocycles. The molecule has 0 unspecified atom stereocenters. The first-order valence-corrected chi connectivity index (χ1v) is 8.73. The van der Waals surface area contributed by atoms with E-state index in [0.717, 1.165) is 0 Å². The maximum Gasteiger partial charge on any atom is 0.247 e. The number of carbonyl (C=O) groups excluding carboxylic acids is 1. The number of hydrogen-bond acceptors (Lipinski definition) is 3. The molecule has 7 heteroatoms. The highest BCUT2D eigenvalue weighted by molar-refractivity contribution is 5.89. The minimum absolute atomic E-state index is 0.0817. The fourth-order valence-corrected chi connectivity index (χ4v) is 3.10. The highest BCUT2D eigenvalue weighted by Gasteiger charge is 2.30. The van der Waals surface area contributed by atoms with Crippen LogP contribution in [0.2, 0.25) is 0 Å². The Hall–Kier alpha value is -2.96. The monoisotopic (exact) mass is 353 g/mol. The lowest BCUT2D eigenvalue weighted by Gasteiger charge is -2.15. The van der Waals surface area contributed by atoms with Crippen LogP contribution in [0.25, 0.3) is 11.3 Å². The van der Waals surface area contributed by atoms with Crippen LogP contribution in [0.1, 0.15) is 25.8 Å². The Morgan fingerprint density at radius 1 is 1.35 bits per heavy atom. The first kappa shape index (κ1) is 16.5. The summed E-state index contributed by atoms with van der Waals surface area (Å²) in [6.45, 7) is 2.21. The third-order valence-corrected chi connectivity index (χ3v) is 4.69. The first-order chi connectivity index (χ1) is 12.6. The van der Waals surface area contributed by atoms with Crippen molar-refractivity contribution in [3.63, 3.8) is 0 Å². The van der Waals surface area contributed by atoms with Gasteiger partial charge in [0, 0.05) is 17.8 Å². The number of aromatic nitrogens is 4. The van der Waals surface area contributed by atoms with Gasteiger partial charge in [-0.05, 0) is 43.9 Å². The predicted octanol–water partition coefficient (Wildman–Crippen LogP) is 3.50. The van der Waals surface area contributed by atoms with E-state index in [-0.39, 0.29) is 24.3 Å². The number of benzene rings is 1. The molecule has 1 fully saturated rings. The molecule has 1 atom stereocenters. The van der Waals surface area contributed by atoms with E-state index in [4.69, 9.17) is 0 Å².